The molecule has 126 valence electrons. The van der Waals surface area contributed by atoms with Gasteiger partial charge in [-0.15, -0.1) is 0 Å². The third kappa shape index (κ3) is 6.02. The molecule has 1 aliphatic rings. The van der Waals surface area contributed by atoms with Crippen LogP contribution in [0.2, 0.25) is 0 Å². The maximum Gasteiger partial charge on any atom is 0.306 e. The van der Waals surface area contributed by atoms with Crippen LogP contribution in [0.25, 0.3) is 0 Å². The lowest BCUT2D eigenvalue weighted by molar-refractivity contribution is -0.141. The molecule has 1 aliphatic carbocycles. The molecule has 0 aliphatic heterocycles. The second-order valence-corrected chi connectivity index (χ2v) is 6.04. The molecule has 23 heavy (non-hydrogen) atoms. The van der Waals surface area contributed by atoms with E-state index in [1.54, 1.807) is 0 Å². The van der Waals surface area contributed by atoms with Crippen molar-refractivity contribution in [2.45, 2.75) is 32.1 Å². The van der Waals surface area contributed by atoms with Crippen LogP contribution >= 0.6 is 0 Å². The van der Waals surface area contributed by atoms with E-state index in [0.29, 0.717) is 39.0 Å². The van der Waals surface area contributed by atoms with Crippen molar-refractivity contribution >= 4 is 11.9 Å². The molecule has 0 aromatic heterocycles. The summed E-state index contributed by atoms with van der Waals surface area (Å²) in [6, 6.07) is 10.2. The van der Waals surface area contributed by atoms with E-state index in [2.05, 4.69) is 17.4 Å². The Hall–Kier alpha value is -1.88. The average Bonchev–Trinajstić information content (AvgIpc) is 3.05. The molecule has 1 amide bonds. The number of hydrogen-bond acceptors (Lipinski definition) is 3. The molecule has 1 saturated carbocycles. The van der Waals surface area contributed by atoms with Crippen molar-refractivity contribution in [2.75, 3.05) is 19.8 Å². The van der Waals surface area contributed by atoms with Crippen LogP contribution in [0, 0.1) is 11.8 Å². The molecule has 0 radical (unpaired) electrons. The SMILES string of the molecule is O=C(O)[C@@H]1CC[C@H](C(=O)NCCCOCCc2ccccc2)C1. The minimum atomic E-state index is -0.785. The first-order valence-corrected chi connectivity index (χ1v) is 8.29. The first-order valence-electron chi connectivity index (χ1n) is 8.29. The van der Waals surface area contributed by atoms with Crippen LogP contribution in [-0.4, -0.2) is 36.7 Å². The first kappa shape index (κ1) is 17.5. The van der Waals surface area contributed by atoms with Crippen LogP contribution in [0.4, 0.5) is 0 Å². The highest BCUT2D eigenvalue weighted by Gasteiger charge is 2.33. The Morgan fingerprint density at radius 1 is 1.13 bits per heavy atom. The third-order valence-electron chi connectivity index (χ3n) is 4.30. The smallest absolute Gasteiger partial charge is 0.306 e. The van der Waals surface area contributed by atoms with E-state index in [1.807, 2.05) is 18.2 Å². The lowest BCUT2D eigenvalue weighted by atomic mass is 10.0. The standard InChI is InChI=1S/C18H25NO4/c20-17(15-7-8-16(13-15)18(21)22)19-10-4-11-23-12-9-14-5-2-1-3-6-14/h1-3,5-6,15-16H,4,7-13H2,(H,19,20)(H,21,22)/t15-,16+/m0/s1. The molecule has 2 atom stereocenters. The minimum Gasteiger partial charge on any atom is -0.481 e. The zero-order valence-corrected chi connectivity index (χ0v) is 13.4. The maximum atomic E-state index is 11.9. The van der Waals surface area contributed by atoms with E-state index < -0.39 is 5.97 Å². The van der Waals surface area contributed by atoms with Crippen LogP contribution in [-0.2, 0) is 20.7 Å². The van der Waals surface area contributed by atoms with Gasteiger partial charge >= 0.3 is 5.97 Å². The Labute approximate surface area is 137 Å². The van der Waals surface area contributed by atoms with E-state index >= 15 is 0 Å². The normalized spacial score (nSPS) is 20.3. The molecule has 0 unspecified atom stereocenters. The molecule has 0 bridgehead atoms. The number of carbonyl (C=O) groups is 2. The number of rotatable bonds is 9. The highest BCUT2D eigenvalue weighted by atomic mass is 16.5. The summed E-state index contributed by atoms with van der Waals surface area (Å²) < 4.78 is 5.56. The summed E-state index contributed by atoms with van der Waals surface area (Å²) in [7, 11) is 0. The van der Waals surface area contributed by atoms with Gasteiger partial charge in [-0.05, 0) is 37.7 Å². The quantitative estimate of drug-likeness (QED) is 0.685. The summed E-state index contributed by atoms with van der Waals surface area (Å²) in [4.78, 5) is 22.8. The number of aliphatic carboxylic acids is 1. The number of nitrogens with one attached hydrogen (secondary N) is 1. The predicted molar refractivity (Wildman–Crippen MR) is 87.1 cm³/mol. The second kappa shape index (κ2) is 9.30. The summed E-state index contributed by atoms with van der Waals surface area (Å²) in [6.45, 7) is 1.88. The number of benzene rings is 1. The molecular weight excluding hydrogens is 294 g/mol. The predicted octanol–water partition coefficient (Wildman–Crippen LogP) is 2.25. The van der Waals surface area contributed by atoms with Gasteiger partial charge in [0.05, 0.1) is 12.5 Å². The molecule has 1 fully saturated rings. The Bertz CT molecular complexity index is 503. The largest absolute Gasteiger partial charge is 0.481 e. The minimum absolute atomic E-state index is 0.0157. The second-order valence-electron chi connectivity index (χ2n) is 6.04. The van der Waals surface area contributed by atoms with Crippen molar-refractivity contribution in [1.29, 1.82) is 0 Å². The Kier molecular flexibility index (Phi) is 7.07. The van der Waals surface area contributed by atoms with Gasteiger partial charge in [-0.1, -0.05) is 30.3 Å². The van der Waals surface area contributed by atoms with Gasteiger partial charge in [0.15, 0.2) is 0 Å². The van der Waals surface area contributed by atoms with E-state index in [1.165, 1.54) is 5.56 Å². The number of amides is 1. The monoisotopic (exact) mass is 319 g/mol. The van der Waals surface area contributed by atoms with Gasteiger partial charge in [-0.3, -0.25) is 9.59 Å². The highest BCUT2D eigenvalue weighted by molar-refractivity contribution is 5.80. The van der Waals surface area contributed by atoms with Crippen molar-refractivity contribution in [3.63, 3.8) is 0 Å². The molecule has 1 aromatic rings. The highest BCUT2D eigenvalue weighted by Crippen LogP contribution is 2.30. The zero-order chi connectivity index (χ0) is 16.5. The molecule has 0 spiro atoms. The molecular formula is C18H25NO4. The topological polar surface area (TPSA) is 75.6 Å². The summed E-state index contributed by atoms with van der Waals surface area (Å²) >= 11 is 0. The summed E-state index contributed by atoms with van der Waals surface area (Å²) in [6.07, 6.45) is 3.42. The third-order valence-corrected chi connectivity index (χ3v) is 4.30. The summed E-state index contributed by atoms with van der Waals surface area (Å²) in [5.41, 5.74) is 1.26. The van der Waals surface area contributed by atoms with Crippen molar-refractivity contribution < 1.29 is 19.4 Å². The van der Waals surface area contributed by atoms with E-state index in [-0.39, 0.29) is 17.7 Å². The zero-order valence-electron chi connectivity index (χ0n) is 13.4. The summed E-state index contributed by atoms with van der Waals surface area (Å²) in [5, 5.41) is 11.8. The Morgan fingerprint density at radius 2 is 1.87 bits per heavy atom. The average molecular weight is 319 g/mol. The molecule has 0 heterocycles. The number of carbonyl (C=O) groups excluding carboxylic acids is 1. The van der Waals surface area contributed by atoms with Crippen LogP contribution in [0.3, 0.4) is 0 Å². The van der Waals surface area contributed by atoms with Gasteiger partial charge in [0, 0.05) is 19.1 Å². The van der Waals surface area contributed by atoms with Gasteiger partial charge in [-0.25, -0.2) is 0 Å². The van der Waals surface area contributed by atoms with Gasteiger partial charge in [-0.2, -0.15) is 0 Å². The van der Waals surface area contributed by atoms with Crippen molar-refractivity contribution in [1.82, 2.24) is 5.32 Å². The maximum absolute atomic E-state index is 11.9. The summed E-state index contributed by atoms with van der Waals surface area (Å²) in [5.74, 6) is -1.30. The first-order chi connectivity index (χ1) is 11.2. The fourth-order valence-corrected chi connectivity index (χ4v) is 2.91. The van der Waals surface area contributed by atoms with Crippen LogP contribution < -0.4 is 5.32 Å². The molecule has 2 rings (SSSR count). The number of ether oxygens (including phenoxy) is 1. The van der Waals surface area contributed by atoms with Crippen molar-refractivity contribution in [2.24, 2.45) is 11.8 Å². The van der Waals surface area contributed by atoms with E-state index in [4.69, 9.17) is 9.84 Å². The number of hydrogen-bond donors (Lipinski definition) is 2. The van der Waals surface area contributed by atoms with Crippen LogP contribution in [0.5, 0.6) is 0 Å². The Morgan fingerprint density at radius 3 is 2.57 bits per heavy atom. The molecule has 5 heteroatoms. The van der Waals surface area contributed by atoms with Crippen molar-refractivity contribution in [3.05, 3.63) is 35.9 Å². The Balaban J connectivity index is 1.49. The van der Waals surface area contributed by atoms with Gasteiger partial charge < -0.3 is 15.2 Å². The molecule has 5 nitrogen and oxygen atoms in total. The van der Waals surface area contributed by atoms with Gasteiger partial charge in [0.1, 0.15) is 0 Å². The molecule has 1 aromatic carbocycles. The van der Waals surface area contributed by atoms with Gasteiger partial charge in [0.2, 0.25) is 5.91 Å². The van der Waals surface area contributed by atoms with Crippen LogP contribution in [0.1, 0.15) is 31.2 Å². The van der Waals surface area contributed by atoms with Crippen molar-refractivity contribution in [3.8, 4) is 0 Å². The van der Waals surface area contributed by atoms with Crippen LogP contribution in [0.15, 0.2) is 30.3 Å². The molecule has 2 N–H and O–H groups in total. The van der Waals surface area contributed by atoms with Gasteiger partial charge in [0.25, 0.3) is 0 Å². The fraction of sp³-hybridized carbons (Fsp3) is 0.556. The molecule has 0 saturated heterocycles. The fourth-order valence-electron chi connectivity index (χ4n) is 2.91. The number of carboxylic acids is 1. The van der Waals surface area contributed by atoms with E-state index in [9.17, 15) is 9.59 Å². The van der Waals surface area contributed by atoms with E-state index in [0.717, 1.165) is 12.8 Å². The lowest BCUT2D eigenvalue weighted by Gasteiger charge is -2.11. The number of carboxylic acid groups (broad SMARTS) is 1. The lowest BCUT2D eigenvalue weighted by Crippen LogP contribution is -2.31.